The Labute approximate surface area is 183 Å². The van der Waals surface area contributed by atoms with Gasteiger partial charge in [0.25, 0.3) is 10.1 Å². The van der Waals surface area contributed by atoms with Crippen molar-refractivity contribution in [3.63, 3.8) is 0 Å². The Balaban J connectivity index is 3.62. The number of hydrogen-bond donors (Lipinski definition) is 1. The first-order chi connectivity index (χ1) is 11.4. The lowest BCUT2D eigenvalue weighted by molar-refractivity contribution is -0.356. The fourth-order valence-corrected chi connectivity index (χ4v) is 4.88. The van der Waals surface area contributed by atoms with Gasteiger partial charge in [-0.05, 0) is 79.9 Å². The van der Waals surface area contributed by atoms with E-state index >= 15 is 0 Å². The molecule has 0 bridgehead atoms. The highest BCUT2D eigenvalue weighted by Gasteiger charge is 2.76. The highest BCUT2D eigenvalue weighted by atomic mass is 127. The molecule has 5 nitrogen and oxygen atoms in total. The molecule has 15 heteroatoms. The van der Waals surface area contributed by atoms with E-state index in [0.29, 0.717) is 3.57 Å². The molecule has 0 radical (unpaired) electrons. The first-order valence-electron chi connectivity index (χ1n) is 5.88. The summed E-state index contributed by atoms with van der Waals surface area (Å²) in [5, 5.41) is 0. The standard InChI is InChI=1S/C11H5F6I3O5S/c12-10(13,14)9(11(15,16)17,3-26(22,23)24)25-8(21)6-4(18)1-2-5(19)7(6)20/h1-2H,3H2,(H,22,23,24). The van der Waals surface area contributed by atoms with Gasteiger partial charge in [-0.25, -0.2) is 4.79 Å². The fraction of sp³-hybridized carbons (Fsp3) is 0.364. The summed E-state index contributed by atoms with van der Waals surface area (Å²) in [7, 11) is -5.83. The van der Waals surface area contributed by atoms with Crippen LogP contribution in [0.2, 0.25) is 0 Å². The average Bonchev–Trinajstić information content (AvgIpc) is 2.38. The van der Waals surface area contributed by atoms with Gasteiger partial charge in [0.1, 0.15) is 5.75 Å². The number of esters is 1. The highest BCUT2D eigenvalue weighted by Crippen LogP contribution is 2.47. The monoisotopic (exact) mass is 744 g/mol. The molecular formula is C11H5F6I3O5S. The van der Waals surface area contributed by atoms with Crippen LogP contribution in [0.3, 0.4) is 0 Å². The zero-order valence-electron chi connectivity index (χ0n) is 11.8. The third kappa shape index (κ3) is 5.25. The van der Waals surface area contributed by atoms with Gasteiger partial charge in [0.05, 0.1) is 5.56 Å². The van der Waals surface area contributed by atoms with Crippen molar-refractivity contribution in [2.45, 2.75) is 18.0 Å². The van der Waals surface area contributed by atoms with Crippen molar-refractivity contribution in [3.05, 3.63) is 28.4 Å². The first-order valence-corrected chi connectivity index (χ1v) is 10.7. The Bertz CT molecular complexity index is 807. The average molecular weight is 744 g/mol. The Kier molecular flexibility index (Phi) is 7.52. The van der Waals surface area contributed by atoms with Gasteiger partial charge in [-0.15, -0.1) is 0 Å². The Morgan fingerprint density at radius 1 is 1.00 bits per heavy atom. The molecule has 1 aromatic carbocycles. The van der Waals surface area contributed by atoms with Crippen molar-refractivity contribution in [2.75, 3.05) is 5.75 Å². The maximum Gasteiger partial charge on any atom is 0.438 e. The third-order valence-corrected chi connectivity index (χ3v) is 7.54. The normalized spacial score (nSPS) is 13.6. The van der Waals surface area contributed by atoms with Crippen molar-refractivity contribution >= 4 is 83.9 Å². The summed E-state index contributed by atoms with van der Waals surface area (Å²) in [6.07, 6.45) is -12.7. The quantitative estimate of drug-likeness (QED) is 0.163. The topological polar surface area (TPSA) is 80.7 Å². The summed E-state index contributed by atoms with van der Waals surface area (Å²) in [5.74, 6) is -4.95. The maximum absolute atomic E-state index is 13.2. The van der Waals surface area contributed by atoms with E-state index in [1.165, 1.54) is 57.3 Å². The van der Waals surface area contributed by atoms with E-state index in [1.807, 2.05) is 0 Å². The molecule has 0 aliphatic carbocycles. The second kappa shape index (κ2) is 8.01. The smallest absolute Gasteiger partial charge is 0.435 e. The fourth-order valence-electron chi connectivity index (χ4n) is 1.65. The summed E-state index contributed by atoms with van der Waals surface area (Å²) < 4.78 is 113. The van der Waals surface area contributed by atoms with Crippen LogP contribution in [0.25, 0.3) is 0 Å². The number of ether oxygens (including phenoxy) is 1. The van der Waals surface area contributed by atoms with Crippen molar-refractivity contribution in [1.29, 1.82) is 0 Å². The van der Waals surface area contributed by atoms with E-state index in [1.54, 1.807) is 22.6 Å². The number of rotatable bonds is 4. The molecule has 0 unspecified atom stereocenters. The van der Waals surface area contributed by atoms with Gasteiger partial charge in [0, 0.05) is 10.7 Å². The van der Waals surface area contributed by atoms with Gasteiger partial charge in [-0.1, -0.05) is 0 Å². The van der Waals surface area contributed by atoms with Crippen LogP contribution in [-0.2, 0) is 14.9 Å². The summed E-state index contributed by atoms with van der Waals surface area (Å²) in [4.78, 5) is 12.1. The molecule has 0 spiro atoms. The first kappa shape index (κ1) is 24.4. The minimum Gasteiger partial charge on any atom is -0.435 e. The Morgan fingerprint density at radius 2 is 1.42 bits per heavy atom. The lowest BCUT2D eigenvalue weighted by Gasteiger charge is -2.35. The summed E-state index contributed by atoms with van der Waals surface area (Å²) in [6.45, 7) is 0. The maximum atomic E-state index is 13.2. The van der Waals surface area contributed by atoms with Gasteiger partial charge >= 0.3 is 23.9 Å². The molecule has 0 saturated carbocycles. The predicted octanol–water partition coefficient (Wildman–Crippen LogP) is 4.41. The number of hydrogen-bond acceptors (Lipinski definition) is 4. The summed E-state index contributed by atoms with van der Waals surface area (Å²) in [6, 6.07) is 2.71. The molecule has 0 aromatic heterocycles. The Morgan fingerprint density at radius 3 is 1.81 bits per heavy atom. The summed E-state index contributed by atoms with van der Waals surface area (Å²) >= 11 is 4.72. The molecule has 1 aromatic rings. The van der Waals surface area contributed by atoms with Crippen LogP contribution in [0.15, 0.2) is 12.1 Å². The van der Waals surface area contributed by atoms with E-state index in [-0.39, 0.29) is 7.14 Å². The van der Waals surface area contributed by atoms with Crippen LogP contribution in [0.1, 0.15) is 10.4 Å². The molecule has 26 heavy (non-hydrogen) atoms. The van der Waals surface area contributed by atoms with Crippen molar-refractivity contribution in [1.82, 2.24) is 0 Å². The van der Waals surface area contributed by atoms with Gasteiger partial charge in [0.2, 0.25) is 0 Å². The second-order valence-electron chi connectivity index (χ2n) is 4.66. The van der Waals surface area contributed by atoms with Crippen molar-refractivity contribution in [2.24, 2.45) is 0 Å². The van der Waals surface area contributed by atoms with Crippen LogP contribution >= 0.6 is 67.8 Å². The molecule has 0 aliphatic heterocycles. The Hall–Kier alpha value is 0.370. The minimum absolute atomic E-state index is 0.0116. The number of carbonyl (C=O) groups excluding carboxylic acids is 1. The van der Waals surface area contributed by atoms with Crippen LogP contribution in [0.4, 0.5) is 26.3 Å². The van der Waals surface area contributed by atoms with E-state index in [9.17, 15) is 39.6 Å². The number of alkyl halides is 6. The number of benzene rings is 1. The third-order valence-electron chi connectivity index (χ3n) is 2.82. The lowest BCUT2D eigenvalue weighted by Crippen LogP contribution is -2.63. The van der Waals surface area contributed by atoms with E-state index in [4.69, 9.17) is 4.55 Å². The van der Waals surface area contributed by atoms with Crippen LogP contribution in [-0.4, -0.2) is 42.6 Å². The summed E-state index contributed by atoms with van der Waals surface area (Å²) in [5.41, 5.74) is -6.02. The zero-order valence-corrected chi connectivity index (χ0v) is 19.0. The van der Waals surface area contributed by atoms with Crippen molar-refractivity contribution in [3.8, 4) is 0 Å². The van der Waals surface area contributed by atoms with E-state index in [0.717, 1.165) is 0 Å². The minimum atomic E-state index is -6.37. The highest BCUT2D eigenvalue weighted by molar-refractivity contribution is 14.1. The van der Waals surface area contributed by atoms with E-state index < -0.39 is 45.4 Å². The lowest BCUT2D eigenvalue weighted by atomic mass is 10.1. The zero-order chi connectivity index (χ0) is 20.7. The van der Waals surface area contributed by atoms with Crippen molar-refractivity contribution < 1.29 is 48.8 Å². The molecule has 0 aliphatic rings. The molecule has 148 valence electrons. The molecule has 1 N–H and O–H groups in total. The second-order valence-corrected chi connectivity index (χ2v) is 9.51. The molecular weight excluding hydrogens is 739 g/mol. The van der Waals surface area contributed by atoms with Crippen LogP contribution in [0, 0.1) is 10.7 Å². The van der Waals surface area contributed by atoms with E-state index in [2.05, 4.69) is 4.74 Å². The van der Waals surface area contributed by atoms with Gasteiger partial charge in [-0.3, -0.25) is 4.55 Å². The van der Waals surface area contributed by atoms with Crippen LogP contribution < -0.4 is 0 Å². The molecule has 0 heterocycles. The van der Waals surface area contributed by atoms with Gasteiger partial charge in [0.15, 0.2) is 0 Å². The predicted molar refractivity (Wildman–Crippen MR) is 101 cm³/mol. The van der Waals surface area contributed by atoms with Gasteiger partial charge < -0.3 is 4.74 Å². The number of halogens is 9. The van der Waals surface area contributed by atoms with Gasteiger partial charge in [-0.2, -0.15) is 34.8 Å². The molecule has 0 saturated heterocycles. The molecule has 0 amide bonds. The molecule has 0 fully saturated rings. The number of carbonyl (C=O) groups is 1. The largest absolute Gasteiger partial charge is 0.438 e. The molecule has 0 atom stereocenters. The SMILES string of the molecule is O=C(OC(CS(=O)(=O)O)(C(F)(F)F)C(F)(F)F)c1c(I)ccc(I)c1I. The molecule has 1 rings (SSSR count). The van der Waals surface area contributed by atoms with Crippen LogP contribution in [0.5, 0.6) is 0 Å².